The van der Waals surface area contributed by atoms with Crippen LogP contribution < -0.4 is 21.7 Å². The summed E-state index contributed by atoms with van der Waals surface area (Å²) >= 11 is 0. The Balaban J connectivity index is 2.19. The van der Waals surface area contributed by atoms with E-state index in [1.807, 2.05) is 6.92 Å². The maximum absolute atomic E-state index is 11.5. The van der Waals surface area contributed by atoms with Gasteiger partial charge in [0.1, 0.15) is 0 Å². The Bertz CT molecular complexity index is 236. The van der Waals surface area contributed by atoms with Crippen LogP contribution in [0.15, 0.2) is 0 Å². The standard InChI is InChI=1S/C9H18N4O2/c1-6-4-13-7(5-12-6)9(15)11-3-2-8(10)14/h6-7,12-13H,2-5H2,1H3,(H2,10,14)(H,11,15). The van der Waals surface area contributed by atoms with Crippen LogP contribution >= 0.6 is 0 Å². The summed E-state index contributed by atoms with van der Waals surface area (Å²) < 4.78 is 0. The van der Waals surface area contributed by atoms with E-state index < -0.39 is 5.91 Å². The van der Waals surface area contributed by atoms with Crippen LogP contribution in [0.1, 0.15) is 13.3 Å². The number of primary amides is 1. The largest absolute Gasteiger partial charge is 0.370 e. The molecule has 2 unspecified atom stereocenters. The number of piperazine rings is 1. The summed E-state index contributed by atoms with van der Waals surface area (Å²) in [5.74, 6) is -0.491. The molecule has 0 bridgehead atoms. The summed E-state index contributed by atoms with van der Waals surface area (Å²) in [6, 6.07) is 0.175. The Morgan fingerprint density at radius 1 is 1.40 bits per heavy atom. The second kappa shape index (κ2) is 5.67. The monoisotopic (exact) mass is 214 g/mol. The maximum atomic E-state index is 11.5. The molecule has 0 aromatic rings. The van der Waals surface area contributed by atoms with Gasteiger partial charge in [-0.3, -0.25) is 9.59 Å². The lowest BCUT2D eigenvalue weighted by Gasteiger charge is -2.28. The molecule has 0 saturated carbocycles. The number of hydrogen-bond acceptors (Lipinski definition) is 4. The van der Waals surface area contributed by atoms with Gasteiger partial charge >= 0.3 is 0 Å². The molecule has 6 nitrogen and oxygen atoms in total. The van der Waals surface area contributed by atoms with Crippen LogP contribution in [0.3, 0.4) is 0 Å². The molecule has 1 rings (SSSR count). The molecule has 2 atom stereocenters. The second-order valence-electron chi connectivity index (χ2n) is 3.78. The summed E-state index contributed by atoms with van der Waals surface area (Å²) in [4.78, 5) is 22.0. The van der Waals surface area contributed by atoms with Gasteiger partial charge in [-0.1, -0.05) is 0 Å². The van der Waals surface area contributed by atoms with E-state index in [9.17, 15) is 9.59 Å². The molecule has 0 radical (unpaired) electrons. The van der Waals surface area contributed by atoms with E-state index in [4.69, 9.17) is 5.73 Å². The third kappa shape index (κ3) is 4.26. The molecule has 6 heteroatoms. The van der Waals surface area contributed by atoms with Crippen LogP contribution in [0.5, 0.6) is 0 Å². The van der Waals surface area contributed by atoms with Gasteiger partial charge < -0.3 is 21.7 Å². The molecule has 1 heterocycles. The van der Waals surface area contributed by atoms with Crippen LogP contribution in [0.2, 0.25) is 0 Å². The zero-order chi connectivity index (χ0) is 11.3. The molecular weight excluding hydrogens is 196 g/mol. The lowest BCUT2D eigenvalue weighted by molar-refractivity contribution is -0.123. The SMILES string of the molecule is CC1CNC(C(=O)NCCC(N)=O)CN1. The fourth-order valence-electron chi connectivity index (χ4n) is 1.40. The van der Waals surface area contributed by atoms with Crippen LogP contribution in [0.25, 0.3) is 0 Å². The summed E-state index contributed by atoms with van der Waals surface area (Å²) in [6.07, 6.45) is 0.183. The van der Waals surface area contributed by atoms with Crippen LogP contribution in [-0.2, 0) is 9.59 Å². The Kier molecular flexibility index (Phi) is 4.51. The lowest BCUT2D eigenvalue weighted by Crippen LogP contribution is -2.59. The Morgan fingerprint density at radius 2 is 2.13 bits per heavy atom. The second-order valence-corrected chi connectivity index (χ2v) is 3.78. The highest BCUT2D eigenvalue weighted by molar-refractivity contribution is 5.83. The van der Waals surface area contributed by atoms with Crippen LogP contribution in [0, 0.1) is 0 Å². The van der Waals surface area contributed by atoms with Crippen molar-refractivity contribution >= 4 is 11.8 Å². The molecule has 0 aliphatic carbocycles. The number of rotatable bonds is 4. The normalized spacial score (nSPS) is 25.9. The first kappa shape index (κ1) is 11.9. The van der Waals surface area contributed by atoms with Gasteiger partial charge in [0, 0.05) is 32.1 Å². The predicted molar refractivity (Wildman–Crippen MR) is 56.1 cm³/mol. The van der Waals surface area contributed by atoms with E-state index in [-0.39, 0.29) is 18.4 Å². The van der Waals surface area contributed by atoms with Crippen molar-refractivity contribution in [2.24, 2.45) is 5.73 Å². The van der Waals surface area contributed by atoms with Gasteiger partial charge in [-0.05, 0) is 6.92 Å². The molecular formula is C9H18N4O2. The Hall–Kier alpha value is -1.14. The molecule has 1 fully saturated rings. The first-order valence-electron chi connectivity index (χ1n) is 5.12. The zero-order valence-corrected chi connectivity index (χ0v) is 8.88. The van der Waals surface area contributed by atoms with Crippen molar-refractivity contribution in [3.8, 4) is 0 Å². The van der Waals surface area contributed by atoms with E-state index in [2.05, 4.69) is 16.0 Å². The summed E-state index contributed by atoms with van der Waals surface area (Å²) in [5, 5.41) is 8.97. The Morgan fingerprint density at radius 3 is 2.67 bits per heavy atom. The molecule has 1 saturated heterocycles. The summed E-state index contributed by atoms with van der Waals surface area (Å²) in [6.45, 7) is 3.74. The van der Waals surface area contributed by atoms with Crippen molar-refractivity contribution in [1.29, 1.82) is 0 Å². The summed E-state index contributed by atoms with van der Waals surface area (Å²) in [5.41, 5.74) is 4.96. The van der Waals surface area contributed by atoms with Crippen molar-refractivity contribution in [1.82, 2.24) is 16.0 Å². The molecule has 15 heavy (non-hydrogen) atoms. The molecule has 0 aromatic carbocycles. The van der Waals surface area contributed by atoms with Gasteiger partial charge in [0.2, 0.25) is 11.8 Å². The first-order valence-corrected chi connectivity index (χ1v) is 5.12. The zero-order valence-electron chi connectivity index (χ0n) is 8.88. The average molecular weight is 214 g/mol. The van der Waals surface area contributed by atoms with Crippen molar-refractivity contribution in [2.75, 3.05) is 19.6 Å². The number of nitrogens with two attached hydrogens (primary N) is 1. The molecule has 86 valence electrons. The quantitative estimate of drug-likeness (QED) is 0.432. The van der Waals surface area contributed by atoms with E-state index >= 15 is 0 Å². The van der Waals surface area contributed by atoms with Crippen molar-refractivity contribution < 1.29 is 9.59 Å². The smallest absolute Gasteiger partial charge is 0.238 e. The average Bonchev–Trinajstić information content (AvgIpc) is 2.18. The van der Waals surface area contributed by atoms with Crippen molar-refractivity contribution in [2.45, 2.75) is 25.4 Å². The number of nitrogens with one attached hydrogen (secondary N) is 3. The van der Waals surface area contributed by atoms with E-state index in [0.29, 0.717) is 19.1 Å². The van der Waals surface area contributed by atoms with Gasteiger partial charge in [-0.25, -0.2) is 0 Å². The summed E-state index contributed by atoms with van der Waals surface area (Å²) in [7, 11) is 0. The Labute approximate surface area is 89.0 Å². The van der Waals surface area contributed by atoms with Crippen molar-refractivity contribution in [3.05, 3.63) is 0 Å². The van der Waals surface area contributed by atoms with Gasteiger partial charge in [-0.15, -0.1) is 0 Å². The maximum Gasteiger partial charge on any atom is 0.238 e. The first-order chi connectivity index (χ1) is 7.09. The van der Waals surface area contributed by atoms with Crippen LogP contribution in [-0.4, -0.2) is 43.5 Å². The van der Waals surface area contributed by atoms with Gasteiger partial charge in [-0.2, -0.15) is 0 Å². The molecule has 5 N–H and O–H groups in total. The van der Waals surface area contributed by atoms with E-state index in [0.717, 1.165) is 6.54 Å². The van der Waals surface area contributed by atoms with Crippen molar-refractivity contribution in [3.63, 3.8) is 0 Å². The lowest BCUT2D eigenvalue weighted by atomic mass is 10.1. The number of carbonyl (C=O) groups is 2. The fraction of sp³-hybridized carbons (Fsp3) is 0.778. The third-order valence-corrected chi connectivity index (χ3v) is 2.33. The minimum absolute atomic E-state index is 0.0874. The molecule has 0 aromatic heterocycles. The molecule has 2 amide bonds. The van der Waals surface area contributed by atoms with E-state index in [1.165, 1.54) is 0 Å². The highest BCUT2D eigenvalue weighted by atomic mass is 16.2. The van der Waals surface area contributed by atoms with Crippen LogP contribution in [0.4, 0.5) is 0 Å². The minimum Gasteiger partial charge on any atom is -0.370 e. The third-order valence-electron chi connectivity index (χ3n) is 2.33. The van der Waals surface area contributed by atoms with Gasteiger partial charge in [0.15, 0.2) is 0 Å². The predicted octanol–water partition coefficient (Wildman–Crippen LogP) is -2.07. The highest BCUT2D eigenvalue weighted by Gasteiger charge is 2.22. The number of carbonyl (C=O) groups excluding carboxylic acids is 2. The number of hydrogen-bond donors (Lipinski definition) is 4. The topological polar surface area (TPSA) is 96.2 Å². The van der Waals surface area contributed by atoms with Gasteiger partial charge in [0.05, 0.1) is 6.04 Å². The number of amides is 2. The highest BCUT2D eigenvalue weighted by Crippen LogP contribution is 1.92. The molecule has 1 aliphatic heterocycles. The van der Waals surface area contributed by atoms with Gasteiger partial charge in [0.25, 0.3) is 0 Å². The van der Waals surface area contributed by atoms with E-state index in [1.54, 1.807) is 0 Å². The minimum atomic E-state index is -0.404. The molecule has 1 aliphatic rings. The fourth-order valence-corrected chi connectivity index (χ4v) is 1.40. The molecule has 0 spiro atoms.